The normalized spacial score (nSPS) is 16.6. The lowest BCUT2D eigenvalue weighted by Gasteiger charge is -2.31. The molecule has 2 heteroatoms. The Labute approximate surface area is 142 Å². The van der Waals surface area contributed by atoms with E-state index in [-0.39, 0.29) is 6.04 Å². The summed E-state index contributed by atoms with van der Waals surface area (Å²) >= 11 is 0. The van der Waals surface area contributed by atoms with Crippen LogP contribution in [0.5, 0.6) is 0 Å². The van der Waals surface area contributed by atoms with E-state index in [1.165, 1.54) is 44.1 Å². The maximum absolute atomic E-state index is 5.49. The van der Waals surface area contributed by atoms with Crippen LogP contribution in [0.25, 0.3) is 0 Å². The molecule has 1 fully saturated rings. The Bertz CT molecular complexity index is 468. The number of morpholine rings is 1. The molecular weight excluding hydrogens is 282 g/mol. The van der Waals surface area contributed by atoms with Gasteiger partial charge in [0.2, 0.25) is 0 Å². The number of rotatable bonds is 8. The van der Waals surface area contributed by atoms with Gasteiger partial charge in [-0.25, -0.2) is 0 Å². The number of hydrogen-bond acceptors (Lipinski definition) is 2. The van der Waals surface area contributed by atoms with Gasteiger partial charge in [0.15, 0.2) is 0 Å². The van der Waals surface area contributed by atoms with Crippen LogP contribution in [0.3, 0.4) is 0 Å². The topological polar surface area (TPSA) is 12.5 Å². The van der Waals surface area contributed by atoms with E-state index < -0.39 is 0 Å². The summed E-state index contributed by atoms with van der Waals surface area (Å²) in [6.45, 7) is 5.86. The van der Waals surface area contributed by atoms with Gasteiger partial charge in [0.05, 0.1) is 19.3 Å². The molecule has 1 saturated heterocycles. The largest absolute Gasteiger partial charge is 0.379 e. The molecule has 0 aliphatic carbocycles. The molecule has 0 radical (unpaired) electrons. The number of nitrogens with zero attached hydrogens (tertiary/aromatic N) is 1. The summed E-state index contributed by atoms with van der Waals surface area (Å²) < 4.78 is 5.49. The minimum Gasteiger partial charge on any atom is -0.379 e. The predicted molar refractivity (Wildman–Crippen MR) is 97.3 cm³/mol. The fraction of sp³-hybridized carbons (Fsp3) is 0.619. The van der Waals surface area contributed by atoms with Gasteiger partial charge in [-0.2, -0.15) is 0 Å². The number of hydrogen-bond donors (Lipinski definition) is 0. The second-order valence-electron chi connectivity index (χ2n) is 6.30. The molecule has 1 aromatic carbocycles. The van der Waals surface area contributed by atoms with Crippen LogP contribution in [0.2, 0.25) is 0 Å². The molecule has 0 amide bonds. The Kier molecular flexibility index (Phi) is 8.84. The van der Waals surface area contributed by atoms with Gasteiger partial charge in [0.25, 0.3) is 0 Å². The molecule has 1 aromatic rings. The summed E-state index contributed by atoms with van der Waals surface area (Å²) in [6.07, 6.45) is 9.02. The number of ether oxygens (including phenoxy) is 1. The molecule has 1 aliphatic heterocycles. The first-order valence-electron chi connectivity index (χ1n) is 9.27. The summed E-state index contributed by atoms with van der Waals surface area (Å²) in [6, 6.07) is 10.9. The van der Waals surface area contributed by atoms with Crippen LogP contribution in [0, 0.1) is 11.8 Å². The molecule has 0 spiro atoms. The average Bonchev–Trinajstić information content (AvgIpc) is 2.62. The lowest BCUT2D eigenvalue weighted by Crippen LogP contribution is -2.38. The predicted octanol–water partition coefficient (Wildman–Crippen LogP) is 4.81. The molecular formula is C21H31NO. The molecule has 1 heterocycles. The molecule has 0 saturated carbocycles. The van der Waals surface area contributed by atoms with Gasteiger partial charge >= 0.3 is 0 Å². The van der Waals surface area contributed by atoms with E-state index in [0.717, 1.165) is 32.7 Å². The SMILES string of the molecule is CCCCCCCCC#CC(c1ccccc1)N1CCOCC1. The molecule has 0 bridgehead atoms. The van der Waals surface area contributed by atoms with Gasteiger partial charge in [-0.15, -0.1) is 5.92 Å². The molecule has 126 valence electrons. The average molecular weight is 313 g/mol. The molecule has 1 aliphatic rings. The van der Waals surface area contributed by atoms with Crippen LogP contribution in [0.4, 0.5) is 0 Å². The van der Waals surface area contributed by atoms with Gasteiger partial charge in [-0.1, -0.05) is 75.3 Å². The third kappa shape index (κ3) is 6.77. The molecule has 2 rings (SSSR count). The van der Waals surface area contributed by atoms with Crippen LogP contribution >= 0.6 is 0 Å². The molecule has 1 unspecified atom stereocenters. The van der Waals surface area contributed by atoms with Crippen LogP contribution in [0.1, 0.15) is 63.5 Å². The van der Waals surface area contributed by atoms with E-state index in [2.05, 4.69) is 54.0 Å². The highest BCUT2D eigenvalue weighted by atomic mass is 16.5. The van der Waals surface area contributed by atoms with Gasteiger partial charge in [-0.05, 0) is 12.0 Å². The number of unbranched alkanes of at least 4 members (excludes halogenated alkanes) is 6. The molecule has 23 heavy (non-hydrogen) atoms. The second-order valence-corrected chi connectivity index (χ2v) is 6.30. The van der Waals surface area contributed by atoms with Gasteiger partial charge < -0.3 is 4.74 Å². The van der Waals surface area contributed by atoms with Crippen molar-refractivity contribution in [3.63, 3.8) is 0 Å². The maximum Gasteiger partial charge on any atom is 0.0972 e. The van der Waals surface area contributed by atoms with E-state index in [9.17, 15) is 0 Å². The van der Waals surface area contributed by atoms with Crippen molar-refractivity contribution >= 4 is 0 Å². The van der Waals surface area contributed by atoms with Crippen molar-refractivity contribution < 1.29 is 4.74 Å². The molecule has 1 atom stereocenters. The zero-order valence-electron chi connectivity index (χ0n) is 14.6. The van der Waals surface area contributed by atoms with Crippen LogP contribution in [-0.2, 0) is 4.74 Å². The lowest BCUT2D eigenvalue weighted by atomic mass is 10.0. The Morgan fingerprint density at radius 3 is 2.43 bits per heavy atom. The monoisotopic (exact) mass is 313 g/mol. The standard InChI is InChI=1S/C21H31NO/c1-2-3-4-5-6-7-8-12-15-21(20-13-10-9-11-14-20)22-16-18-23-19-17-22/h9-11,13-14,21H,2-8,16-19H2,1H3. The summed E-state index contributed by atoms with van der Waals surface area (Å²) in [5, 5.41) is 0. The van der Waals surface area contributed by atoms with E-state index in [1.54, 1.807) is 0 Å². The van der Waals surface area contributed by atoms with Crippen molar-refractivity contribution in [2.24, 2.45) is 0 Å². The third-order valence-corrected chi connectivity index (χ3v) is 4.42. The minimum atomic E-state index is 0.222. The van der Waals surface area contributed by atoms with Crippen molar-refractivity contribution in [2.75, 3.05) is 26.3 Å². The van der Waals surface area contributed by atoms with Crippen molar-refractivity contribution in [1.82, 2.24) is 4.90 Å². The van der Waals surface area contributed by atoms with Gasteiger partial charge in [-0.3, -0.25) is 4.90 Å². The first-order chi connectivity index (χ1) is 11.4. The summed E-state index contributed by atoms with van der Waals surface area (Å²) in [5.41, 5.74) is 1.31. The quantitative estimate of drug-likeness (QED) is 0.504. The summed E-state index contributed by atoms with van der Waals surface area (Å²) in [4.78, 5) is 2.45. The van der Waals surface area contributed by atoms with Gasteiger partial charge in [0, 0.05) is 19.5 Å². The summed E-state index contributed by atoms with van der Waals surface area (Å²) in [5.74, 6) is 6.97. The number of benzene rings is 1. The first-order valence-corrected chi connectivity index (χ1v) is 9.27. The molecule has 2 nitrogen and oxygen atoms in total. The fourth-order valence-electron chi connectivity index (χ4n) is 3.02. The molecule has 0 aromatic heterocycles. The highest BCUT2D eigenvalue weighted by molar-refractivity contribution is 5.27. The molecule has 0 N–H and O–H groups in total. The Morgan fingerprint density at radius 2 is 1.70 bits per heavy atom. The highest BCUT2D eigenvalue weighted by Crippen LogP contribution is 2.21. The summed E-state index contributed by atoms with van der Waals surface area (Å²) in [7, 11) is 0. The smallest absolute Gasteiger partial charge is 0.0972 e. The lowest BCUT2D eigenvalue weighted by molar-refractivity contribution is 0.0269. The zero-order chi connectivity index (χ0) is 16.2. The first kappa shape index (κ1) is 18.0. The fourth-order valence-corrected chi connectivity index (χ4v) is 3.02. The van der Waals surface area contributed by atoms with E-state index >= 15 is 0 Å². The van der Waals surface area contributed by atoms with E-state index in [0.29, 0.717) is 0 Å². The van der Waals surface area contributed by atoms with Crippen LogP contribution < -0.4 is 0 Å². The van der Waals surface area contributed by atoms with Gasteiger partial charge in [0.1, 0.15) is 0 Å². The maximum atomic E-state index is 5.49. The highest BCUT2D eigenvalue weighted by Gasteiger charge is 2.20. The zero-order valence-corrected chi connectivity index (χ0v) is 14.6. The third-order valence-electron chi connectivity index (χ3n) is 4.42. The van der Waals surface area contributed by atoms with Crippen molar-refractivity contribution in [3.8, 4) is 11.8 Å². The minimum absolute atomic E-state index is 0.222. The van der Waals surface area contributed by atoms with Crippen molar-refractivity contribution in [2.45, 2.75) is 57.9 Å². The van der Waals surface area contributed by atoms with Crippen LogP contribution in [0.15, 0.2) is 30.3 Å². The van der Waals surface area contributed by atoms with E-state index in [4.69, 9.17) is 4.74 Å². The Morgan fingerprint density at radius 1 is 1.00 bits per heavy atom. The van der Waals surface area contributed by atoms with Crippen LogP contribution in [-0.4, -0.2) is 31.2 Å². The van der Waals surface area contributed by atoms with Crippen molar-refractivity contribution in [3.05, 3.63) is 35.9 Å². The van der Waals surface area contributed by atoms with Crippen molar-refractivity contribution in [1.29, 1.82) is 0 Å². The second kappa shape index (κ2) is 11.3. The van der Waals surface area contributed by atoms with E-state index in [1.807, 2.05) is 0 Å². The Balaban J connectivity index is 1.84. The Hall–Kier alpha value is -1.30.